The van der Waals surface area contributed by atoms with E-state index < -0.39 is 0 Å². The highest BCUT2D eigenvalue weighted by atomic mass is 35.5. The monoisotopic (exact) mass is 412 g/mol. The predicted octanol–water partition coefficient (Wildman–Crippen LogP) is 3.71. The third-order valence-electron chi connectivity index (χ3n) is 5.35. The molecule has 0 rings (SSSR count). The van der Waals surface area contributed by atoms with Crippen LogP contribution in [0.1, 0.15) is 110 Å². The van der Waals surface area contributed by atoms with E-state index in [1.54, 1.807) is 0 Å². The van der Waals surface area contributed by atoms with Gasteiger partial charge in [0.25, 0.3) is 0 Å². The molecule has 0 aliphatic heterocycles. The Kier molecular flexibility index (Phi) is 28.2. The number of rotatable bonds is 19. The molecule has 0 radical (unpaired) electrons. The van der Waals surface area contributed by atoms with E-state index in [1.807, 2.05) is 0 Å². The number of nitrogens with zero attached hydrogens (tertiary/aromatic N) is 1. The molecule has 0 aliphatic rings. The lowest BCUT2D eigenvalue weighted by Gasteiger charge is -2.29. The number of unbranched alkanes of at least 4 members (excludes halogenated alkanes) is 15. The van der Waals surface area contributed by atoms with Crippen molar-refractivity contribution in [2.45, 2.75) is 110 Å². The molecule has 0 unspecified atom stereocenters. The molecule has 0 aliphatic carbocycles. The van der Waals surface area contributed by atoms with E-state index in [-0.39, 0.29) is 24.8 Å². The molecule has 4 heteroatoms. The minimum Gasteiger partial charge on any atom is -1.00 e. The van der Waals surface area contributed by atoms with Gasteiger partial charge in [0.1, 0.15) is 0 Å². The van der Waals surface area contributed by atoms with Gasteiger partial charge in [-0.1, -0.05) is 96.8 Å². The fourth-order valence-corrected chi connectivity index (χ4v) is 3.55. The van der Waals surface area contributed by atoms with Gasteiger partial charge in [0.2, 0.25) is 0 Å². The number of hydrogen-bond acceptors (Lipinski definition) is 1. The zero-order valence-electron chi connectivity index (χ0n) is 18.2. The number of nitrogens with two attached hydrogens (primary N) is 1. The van der Waals surface area contributed by atoms with Gasteiger partial charge in [-0.2, -0.15) is 0 Å². The van der Waals surface area contributed by atoms with E-state index in [0.717, 1.165) is 17.6 Å². The van der Waals surface area contributed by atoms with Gasteiger partial charge in [-0.25, -0.2) is 0 Å². The van der Waals surface area contributed by atoms with Crippen molar-refractivity contribution < 1.29 is 16.9 Å². The fraction of sp³-hybridized carbons (Fsp3) is 1.00. The topological polar surface area (TPSA) is 26.0 Å². The van der Waals surface area contributed by atoms with Crippen LogP contribution in [-0.4, -0.2) is 38.2 Å². The van der Waals surface area contributed by atoms with E-state index in [0.29, 0.717) is 0 Å². The van der Waals surface area contributed by atoms with Crippen molar-refractivity contribution in [1.29, 1.82) is 0 Å². The number of likely N-dealkylation sites (N-methyl/N-ethyl adjacent to an activating group) is 1. The maximum Gasteiger partial charge on any atom is 0.0907 e. The first-order valence-electron chi connectivity index (χ1n) is 11.1. The van der Waals surface area contributed by atoms with Crippen LogP contribution in [0.25, 0.3) is 0 Å². The van der Waals surface area contributed by atoms with Gasteiger partial charge in [-0.3, -0.25) is 0 Å². The van der Waals surface area contributed by atoms with Crippen LogP contribution in [0.15, 0.2) is 0 Å². The first-order chi connectivity index (χ1) is 11.6. The van der Waals surface area contributed by atoms with Gasteiger partial charge >= 0.3 is 0 Å². The van der Waals surface area contributed by atoms with Crippen LogP contribution < -0.4 is 18.1 Å². The molecule has 0 atom stereocenters. The molecule has 2 N–H and O–H groups in total. The fourth-order valence-electron chi connectivity index (χ4n) is 3.55. The molecule has 26 heavy (non-hydrogen) atoms. The molecule has 0 fully saturated rings. The molecule has 0 heterocycles. The lowest BCUT2D eigenvalue weighted by Crippen LogP contribution is -3.00. The van der Waals surface area contributed by atoms with E-state index >= 15 is 0 Å². The maximum atomic E-state index is 5.66. The second-order valence-electron chi connectivity index (χ2n) is 8.47. The Labute approximate surface area is 178 Å². The van der Waals surface area contributed by atoms with Crippen LogP contribution in [-0.2, 0) is 0 Å². The van der Waals surface area contributed by atoms with Crippen molar-refractivity contribution in [3.8, 4) is 0 Å². The first kappa shape index (κ1) is 31.2. The third-order valence-corrected chi connectivity index (χ3v) is 5.35. The lowest BCUT2D eigenvalue weighted by atomic mass is 10.0. The van der Waals surface area contributed by atoms with E-state index in [4.69, 9.17) is 5.73 Å². The molecule has 0 saturated heterocycles. The SMILES string of the molecule is CCCCCCCCCCCCCCCCCC[N+](C)(C)CCN.Cl.[Cl-]. The van der Waals surface area contributed by atoms with Gasteiger partial charge in [0.15, 0.2) is 0 Å². The van der Waals surface area contributed by atoms with Crippen molar-refractivity contribution in [3.05, 3.63) is 0 Å². The van der Waals surface area contributed by atoms with Gasteiger partial charge < -0.3 is 22.6 Å². The van der Waals surface area contributed by atoms with E-state index in [9.17, 15) is 0 Å². The second kappa shape index (κ2) is 23.5. The van der Waals surface area contributed by atoms with E-state index in [2.05, 4.69) is 21.0 Å². The van der Waals surface area contributed by atoms with Gasteiger partial charge in [-0.05, 0) is 12.8 Å². The minimum absolute atomic E-state index is 0. The molecule has 0 bridgehead atoms. The van der Waals surface area contributed by atoms with Crippen LogP contribution in [0.5, 0.6) is 0 Å². The molecule has 0 aromatic carbocycles. The predicted molar refractivity (Wildman–Crippen MR) is 118 cm³/mol. The molecule has 0 aromatic heterocycles. The molecular weight excluding hydrogens is 363 g/mol. The van der Waals surface area contributed by atoms with Gasteiger partial charge in [-0.15, -0.1) is 12.4 Å². The zero-order chi connectivity index (χ0) is 17.9. The summed E-state index contributed by atoms with van der Waals surface area (Å²) < 4.78 is 1.09. The van der Waals surface area contributed by atoms with Crippen LogP contribution in [0.2, 0.25) is 0 Å². The number of halogens is 2. The first-order valence-corrected chi connectivity index (χ1v) is 11.1. The molecule has 0 amide bonds. The van der Waals surface area contributed by atoms with E-state index in [1.165, 1.54) is 109 Å². The van der Waals surface area contributed by atoms with Crippen molar-refractivity contribution in [2.75, 3.05) is 33.7 Å². The summed E-state index contributed by atoms with van der Waals surface area (Å²) in [4.78, 5) is 0. The Morgan fingerprint density at radius 2 is 0.846 bits per heavy atom. The molecular formula is C22H50Cl2N2. The highest BCUT2D eigenvalue weighted by Crippen LogP contribution is 2.14. The summed E-state index contributed by atoms with van der Waals surface area (Å²) in [5.41, 5.74) is 5.66. The highest BCUT2D eigenvalue weighted by molar-refractivity contribution is 5.85. The summed E-state index contributed by atoms with van der Waals surface area (Å²) in [6.07, 6.45) is 23.1. The Balaban J connectivity index is -0.00000264. The lowest BCUT2D eigenvalue weighted by molar-refractivity contribution is -0.889. The zero-order valence-corrected chi connectivity index (χ0v) is 19.8. The second-order valence-corrected chi connectivity index (χ2v) is 8.47. The van der Waals surface area contributed by atoms with Crippen LogP contribution in [0.4, 0.5) is 0 Å². The number of hydrogen-bond donors (Lipinski definition) is 1. The maximum absolute atomic E-state index is 5.66. The Hall–Kier alpha value is 0.500. The Morgan fingerprint density at radius 1 is 0.538 bits per heavy atom. The van der Waals surface area contributed by atoms with Crippen molar-refractivity contribution in [1.82, 2.24) is 0 Å². The quantitative estimate of drug-likeness (QED) is 0.254. The average molecular weight is 414 g/mol. The summed E-state index contributed by atoms with van der Waals surface area (Å²) in [5.74, 6) is 0. The third kappa shape index (κ3) is 24.5. The molecule has 0 saturated carbocycles. The Morgan fingerprint density at radius 3 is 1.15 bits per heavy atom. The summed E-state index contributed by atoms with van der Waals surface area (Å²) in [6.45, 7) is 5.50. The minimum atomic E-state index is 0. The van der Waals surface area contributed by atoms with Crippen LogP contribution in [0.3, 0.4) is 0 Å². The molecule has 162 valence electrons. The molecule has 0 aromatic rings. The standard InChI is InChI=1S/C22H49N2.2ClH/c1-4-5-6-7-8-9-10-11-12-13-14-15-16-17-18-19-21-24(2,3)22-20-23;;/h4-23H2,1-3H3;2*1H/q+1;;/p-1. The van der Waals surface area contributed by atoms with Crippen LogP contribution >= 0.6 is 12.4 Å². The Bertz CT molecular complexity index is 248. The normalized spacial score (nSPS) is 11.1. The largest absolute Gasteiger partial charge is 1.00 e. The molecule has 2 nitrogen and oxygen atoms in total. The average Bonchev–Trinajstić information content (AvgIpc) is 2.54. The highest BCUT2D eigenvalue weighted by Gasteiger charge is 2.12. The summed E-state index contributed by atoms with van der Waals surface area (Å²) in [5, 5.41) is 0. The summed E-state index contributed by atoms with van der Waals surface area (Å²) in [6, 6.07) is 0. The number of quaternary nitrogens is 1. The van der Waals surface area contributed by atoms with Crippen LogP contribution in [0, 0.1) is 0 Å². The van der Waals surface area contributed by atoms with Crippen molar-refractivity contribution >= 4 is 12.4 Å². The smallest absolute Gasteiger partial charge is 0.0907 e. The van der Waals surface area contributed by atoms with Gasteiger partial charge in [0, 0.05) is 6.54 Å². The van der Waals surface area contributed by atoms with Gasteiger partial charge in [0.05, 0.1) is 27.2 Å². The van der Waals surface area contributed by atoms with Crippen molar-refractivity contribution in [3.63, 3.8) is 0 Å². The summed E-state index contributed by atoms with van der Waals surface area (Å²) >= 11 is 0. The van der Waals surface area contributed by atoms with Crippen molar-refractivity contribution in [2.24, 2.45) is 5.73 Å². The summed E-state index contributed by atoms with van der Waals surface area (Å²) in [7, 11) is 4.61. The molecule has 0 spiro atoms.